The van der Waals surface area contributed by atoms with Crippen LogP contribution in [0.3, 0.4) is 0 Å². The second-order valence-electron chi connectivity index (χ2n) is 6.24. The summed E-state index contributed by atoms with van der Waals surface area (Å²) in [7, 11) is 2.07. The minimum absolute atomic E-state index is 0.470. The van der Waals surface area contributed by atoms with Crippen LogP contribution in [0.2, 0.25) is 0 Å². The highest BCUT2D eigenvalue weighted by molar-refractivity contribution is 5.45. The van der Waals surface area contributed by atoms with E-state index in [2.05, 4.69) is 48.8 Å². The van der Waals surface area contributed by atoms with Crippen molar-refractivity contribution in [1.82, 2.24) is 29.3 Å². The van der Waals surface area contributed by atoms with E-state index in [-0.39, 0.29) is 0 Å². The molecule has 24 heavy (non-hydrogen) atoms. The van der Waals surface area contributed by atoms with Crippen LogP contribution >= 0.6 is 0 Å². The molecule has 7 heteroatoms. The van der Waals surface area contributed by atoms with Gasteiger partial charge in [0.1, 0.15) is 5.82 Å². The smallest absolute Gasteiger partial charge is 0.152 e. The number of hydrogen-bond donors (Lipinski definition) is 0. The van der Waals surface area contributed by atoms with Gasteiger partial charge in [-0.15, -0.1) is 10.2 Å². The van der Waals surface area contributed by atoms with Crippen molar-refractivity contribution in [1.29, 1.82) is 0 Å². The first-order valence-corrected chi connectivity index (χ1v) is 8.30. The fourth-order valence-corrected chi connectivity index (χ4v) is 3.36. The third-order valence-corrected chi connectivity index (χ3v) is 4.77. The van der Waals surface area contributed by atoms with Crippen molar-refractivity contribution in [3.63, 3.8) is 0 Å². The van der Waals surface area contributed by atoms with Crippen LogP contribution in [-0.2, 0) is 13.6 Å². The summed E-state index contributed by atoms with van der Waals surface area (Å²) in [5, 5.41) is 8.85. The first-order valence-electron chi connectivity index (χ1n) is 8.30. The van der Waals surface area contributed by atoms with Crippen LogP contribution in [0.5, 0.6) is 0 Å². The van der Waals surface area contributed by atoms with Crippen molar-refractivity contribution in [2.24, 2.45) is 7.05 Å². The summed E-state index contributed by atoms with van der Waals surface area (Å²) >= 11 is 0. The largest absolute Gasteiger partial charge is 0.371 e. The Morgan fingerprint density at radius 2 is 1.83 bits per heavy atom. The van der Waals surface area contributed by atoms with Gasteiger partial charge in [0, 0.05) is 56.5 Å². The second kappa shape index (κ2) is 6.43. The number of hydrogen-bond acceptors (Lipinski definition) is 5. The molecule has 1 aliphatic heterocycles. The minimum atomic E-state index is 0.470. The van der Waals surface area contributed by atoms with Crippen molar-refractivity contribution in [3.8, 4) is 0 Å². The predicted octanol–water partition coefficient (Wildman–Crippen LogP) is 1.84. The van der Waals surface area contributed by atoms with Gasteiger partial charge in [0.15, 0.2) is 5.82 Å². The fourth-order valence-electron chi connectivity index (χ4n) is 3.36. The number of anilines is 1. The van der Waals surface area contributed by atoms with E-state index < -0.39 is 0 Å². The minimum Gasteiger partial charge on any atom is -0.371 e. The highest BCUT2D eigenvalue weighted by Crippen LogP contribution is 2.29. The van der Waals surface area contributed by atoms with Crippen molar-refractivity contribution >= 4 is 5.69 Å². The average Bonchev–Trinajstić information content (AvgIpc) is 3.27. The molecule has 0 saturated carbocycles. The monoisotopic (exact) mass is 323 g/mol. The summed E-state index contributed by atoms with van der Waals surface area (Å²) in [6, 6.07) is 4.15. The van der Waals surface area contributed by atoms with Crippen LogP contribution in [0, 0.1) is 0 Å². The molecular weight excluding hydrogens is 302 g/mol. The first-order chi connectivity index (χ1) is 11.8. The molecule has 3 aromatic heterocycles. The molecule has 0 radical (unpaired) electrons. The summed E-state index contributed by atoms with van der Waals surface area (Å²) in [5.74, 6) is 2.54. The molecule has 4 rings (SSSR count). The maximum absolute atomic E-state index is 4.47. The summed E-state index contributed by atoms with van der Waals surface area (Å²) in [4.78, 5) is 10.6. The molecule has 7 nitrogen and oxygen atoms in total. The number of imidazole rings is 1. The number of rotatable bonds is 4. The SMILES string of the molecule is Cn1c(Cn2ccnc2)nnc1C1CCN(c2ccncc2)CC1. The van der Waals surface area contributed by atoms with Crippen molar-refractivity contribution < 1.29 is 0 Å². The molecule has 3 aromatic rings. The lowest BCUT2D eigenvalue weighted by Gasteiger charge is -2.33. The topological polar surface area (TPSA) is 64.7 Å². The molecule has 1 saturated heterocycles. The van der Waals surface area contributed by atoms with Gasteiger partial charge < -0.3 is 14.0 Å². The lowest BCUT2D eigenvalue weighted by Crippen LogP contribution is -2.33. The summed E-state index contributed by atoms with van der Waals surface area (Å²) < 4.78 is 4.16. The Balaban J connectivity index is 1.43. The van der Waals surface area contributed by atoms with Gasteiger partial charge in [-0.1, -0.05) is 0 Å². The van der Waals surface area contributed by atoms with Crippen molar-refractivity contribution in [2.75, 3.05) is 18.0 Å². The zero-order valence-corrected chi connectivity index (χ0v) is 13.8. The van der Waals surface area contributed by atoms with Crippen LogP contribution in [0.1, 0.15) is 30.4 Å². The molecule has 0 aliphatic carbocycles. The van der Waals surface area contributed by atoms with Gasteiger partial charge in [0.05, 0.1) is 12.9 Å². The van der Waals surface area contributed by atoms with Crippen LogP contribution in [0.15, 0.2) is 43.2 Å². The molecule has 1 fully saturated rings. The summed E-state index contributed by atoms with van der Waals surface area (Å²) in [6.45, 7) is 2.79. The second-order valence-corrected chi connectivity index (χ2v) is 6.24. The number of nitrogens with zero attached hydrogens (tertiary/aromatic N) is 7. The first kappa shape index (κ1) is 14.9. The average molecular weight is 323 g/mol. The zero-order chi connectivity index (χ0) is 16.4. The van der Waals surface area contributed by atoms with Crippen LogP contribution in [-0.4, -0.2) is 42.4 Å². The standard InChI is InChI=1S/C17H21N7/c1-22-16(12-23-11-8-19-13-23)20-21-17(22)14-4-9-24(10-5-14)15-2-6-18-7-3-15/h2-3,6-8,11,13-14H,4-5,9-10,12H2,1H3. The molecule has 1 aliphatic rings. The Morgan fingerprint density at radius 1 is 1.04 bits per heavy atom. The Hall–Kier alpha value is -2.70. The van der Waals surface area contributed by atoms with E-state index in [1.165, 1.54) is 5.69 Å². The van der Waals surface area contributed by atoms with E-state index in [9.17, 15) is 0 Å². The Morgan fingerprint density at radius 3 is 2.54 bits per heavy atom. The lowest BCUT2D eigenvalue weighted by atomic mass is 9.95. The van der Waals surface area contributed by atoms with E-state index >= 15 is 0 Å². The number of piperidine rings is 1. The number of aromatic nitrogens is 6. The Bertz CT molecular complexity index is 771. The molecule has 4 heterocycles. The number of pyridine rings is 1. The molecular formula is C17H21N7. The molecule has 0 amide bonds. The van der Waals surface area contributed by atoms with E-state index in [4.69, 9.17) is 0 Å². The molecule has 0 atom stereocenters. The normalized spacial score (nSPS) is 15.8. The van der Waals surface area contributed by atoms with E-state index in [0.29, 0.717) is 12.5 Å². The molecule has 0 aromatic carbocycles. The molecule has 0 spiro atoms. The molecule has 124 valence electrons. The summed E-state index contributed by atoms with van der Waals surface area (Å²) in [5.41, 5.74) is 1.25. The molecule has 0 bridgehead atoms. The van der Waals surface area contributed by atoms with E-state index in [1.54, 1.807) is 6.20 Å². The van der Waals surface area contributed by atoms with Crippen LogP contribution in [0.4, 0.5) is 5.69 Å². The van der Waals surface area contributed by atoms with Gasteiger partial charge in [-0.05, 0) is 25.0 Å². The Kier molecular flexibility index (Phi) is 3.98. The van der Waals surface area contributed by atoms with Gasteiger partial charge in [-0.2, -0.15) is 0 Å². The quantitative estimate of drug-likeness (QED) is 0.733. The van der Waals surface area contributed by atoms with Crippen molar-refractivity contribution in [2.45, 2.75) is 25.3 Å². The van der Waals surface area contributed by atoms with E-state index in [1.807, 2.05) is 29.5 Å². The summed E-state index contributed by atoms with van der Waals surface area (Å²) in [6.07, 6.45) is 11.4. The third-order valence-electron chi connectivity index (χ3n) is 4.77. The van der Waals surface area contributed by atoms with Gasteiger partial charge in [-0.3, -0.25) is 4.98 Å². The van der Waals surface area contributed by atoms with Gasteiger partial charge in [0.25, 0.3) is 0 Å². The Labute approximate surface area is 141 Å². The van der Waals surface area contributed by atoms with Gasteiger partial charge in [0.2, 0.25) is 0 Å². The maximum atomic E-state index is 4.47. The van der Waals surface area contributed by atoms with Gasteiger partial charge >= 0.3 is 0 Å². The molecule has 0 N–H and O–H groups in total. The zero-order valence-electron chi connectivity index (χ0n) is 13.8. The molecule has 0 unspecified atom stereocenters. The fraction of sp³-hybridized carbons (Fsp3) is 0.412. The van der Waals surface area contributed by atoms with Gasteiger partial charge in [-0.25, -0.2) is 4.98 Å². The van der Waals surface area contributed by atoms with Crippen LogP contribution < -0.4 is 4.90 Å². The maximum Gasteiger partial charge on any atom is 0.152 e. The van der Waals surface area contributed by atoms with Crippen LogP contribution in [0.25, 0.3) is 0 Å². The lowest BCUT2D eigenvalue weighted by molar-refractivity contribution is 0.472. The van der Waals surface area contributed by atoms with E-state index in [0.717, 1.165) is 37.6 Å². The third kappa shape index (κ3) is 2.89. The highest BCUT2D eigenvalue weighted by Gasteiger charge is 2.25. The highest BCUT2D eigenvalue weighted by atomic mass is 15.3. The van der Waals surface area contributed by atoms with Crippen molar-refractivity contribution in [3.05, 3.63) is 54.9 Å². The predicted molar refractivity (Wildman–Crippen MR) is 90.8 cm³/mol.